The van der Waals surface area contributed by atoms with Crippen molar-refractivity contribution in [3.05, 3.63) is 0 Å². The maximum Gasteiger partial charge on any atom is 0.307 e. The predicted molar refractivity (Wildman–Crippen MR) is 71.6 cm³/mol. The van der Waals surface area contributed by atoms with E-state index in [1.54, 1.807) is 0 Å². The van der Waals surface area contributed by atoms with Gasteiger partial charge < -0.3 is 15.0 Å². The molecule has 0 aromatic carbocycles. The van der Waals surface area contributed by atoms with Crippen LogP contribution in [-0.2, 0) is 14.3 Å². The third kappa shape index (κ3) is 3.69. The molecule has 0 aromatic heterocycles. The highest BCUT2D eigenvalue weighted by molar-refractivity contribution is 5.80. The summed E-state index contributed by atoms with van der Waals surface area (Å²) >= 11 is 0. The molecule has 108 valence electrons. The predicted octanol–water partition coefficient (Wildman–Crippen LogP) is 0.930. The molecule has 0 aromatic rings. The minimum Gasteiger partial charge on any atom is -0.469 e. The first-order valence-electron chi connectivity index (χ1n) is 7.30. The number of carbonyl (C=O) groups excluding carboxylic acids is 2. The Labute approximate surface area is 114 Å². The molecule has 1 amide bonds. The number of carbonyl (C=O) groups is 2. The van der Waals surface area contributed by atoms with Crippen molar-refractivity contribution in [1.29, 1.82) is 0 Å². The Morgan fingerprint density at radius 2 is 2.11 bits per heavy atom. The molecular formula is C14H24N2O3. The quantitative estimate of drug-likeness (QED) is 0.774. The molecule has 2 aliphatic heterocycles. The lowest BCUT2D eigenvalue weighted by Crippen LogP contribution is -2.50. The van der Waals surface area contributed by atoms with Crippen LogP contribution in [0.15, 0.2) is 0 Å². The number of methoxy groups -OCH3 is 1. The average molecular weight is 268 g/mol. The summed E-state index contributed by atoms with van der Waals surface area (Å²) in [6.45, 7) is 2.58. The summed E-state index contributed by atoms with van der Waals surface area (Å²) in [5, 5.41) is 3.28. The molecule has 2 fully saturated rings. The van der Waals surface area contributed by atoms with E-state index in [1.165, 1.54) is 7.11 Å². The zero-order valence-corrected chi connectivity index (χ0v) is 11.7. The summed E-state index contributed by atoms with van der Waals surface area (Å²) in [6.07, 6.45) is 5.42. The second-order valence-electron chi connectivity index (χ2n) is 5.50. The number of rotatable bonds is 3. The third-order valence-electron chi connectivity index (χ3n) is 4.19. The first-order chi connectivity index (χ1) is 9.22. The van der Waals surface area contributed by atoms with Gasteiger partial charge in [-0.3, -0.25) is 9.59 Å². The van der Waals surface area contributed by atoms with E-state index in [2.05, 4.69) is 5.32 Å². The van der Waals surface area contributed by atoms with Crippen LogP contribution in [0.4, 0.5) is 0 Å². The molecule has 1 N–H and O–H groups in total. The lowest BCUT2D eigenvalue weighted by atomic mass is 9.93. The number of amides is 1. The Morgan fingerprint density at radius 3 is 2.79 bits per heavy atom. The summed E-state index contributed by atoms with van der Waals surface area (Å²) in [4.78, 5) is 25.9. The Bertz CT molecular complexity index is 327. The minimum absolute atomic E-state index is 0.0376. The second kappa shape index (κ2) is 6.89. The van der Waals surface area contributed by atoms with Crippen molar-refractivity contribution in [3.8, 4) is 0 Å². The van der Waals surface area contributed by atoms with E-state index in [9.17, 15) is 9.59 Å². The third-order valence-corrected chi connectivity index (χ3v) is 4.19. The summed E-state index contributed by atoms with van der Waals surface area (Å²) in [6, 6.07) is 0.0376. The van der Waals surface area contributed by atoms with Gasteiger partial charge in [0, 0.05) is 19.1 Å². The molecule has 0 radical (unpaired) electrons. The lowest BCUT2D eigenvalue weighted by Gasteiger charge is -2.38. The number of hydrogen-bond donors (Lipinski definition) is 1. The van der Waals surface area contributed by atoms with Crippen LogP contribution in [0.1, 0.15) is 38.5 Å². The summed E-state index contributed by atoms with van der Waals surface area (Å²) in [5.41, 5.74) is 0. The van der Waals surface area contributed by atoms with Crippen LogP contribution in [0.5, 0.6) is 0 Å². The van der Waals surface area contributed by atoms with Crippen molar-refractivity contribution in [2.24, 2.45) is 5.92 Å². The van der Waals surface area contributed by atoms with E-state index in [-0.39, 0.29) is 23.8 Å². The molecule has 0 aliphatic carbocycles. The van der Waals surface area contributed by atoms with Gasteiger partial charge in [0.25, 0.3) is 0 Å². The van der Waals surface area contributed by atoms with Gasteiger partial charge in [0.05, 0.1) is 19.4 Å². The van der Waals surface area contributed by atoms with Gasteiger partial charge >= 0.3 is 5.97 Å². The van der Waals surface area contributed by atoms with Crippen molar-refractivity contribution in [3.63, 3.8) is 0 Å². The van der Waals surface area contributed by atoms with Crippen LogP contribution >= 0.6 is 0 Å². The minimum atomic E-state index is -0.216. The van der Waals surface area contributed by atoms with Crippen LogP contribution in [0.25, 0.3) is 0 Å². The highest BCUT2D eigenvalue weighted by atomic mass is 16.5. The highest BCUT2D eigenvalue weighted by Crippen LogP contribution is 2.24. The largest absolute Gasteiger partial charge is 0.469 e. The molecule has 2 heterocycles. The number of nitrogens with zero attached hydrogens (tertiary/aromatic N) is 1. The van der Waals surface area contributed by atoms with Crippen molar-refractivity contribution >= 4 is 11.9 Å². The molecule has 2 saturated heterocycles. The van der Waals surface area contributed by atoms with Gasteiger partial charge in [-0.25, -0.2) is 0 Å². The van der Waals surface area contributed by atoms with E-state index in [0.29, 0.717) is 6.42 Å². The molecule has 5 nitrogen and oxygen atoms in total. The van der Waals surface area contributed by atoms with Crippen molar-refractivity contribution < 1.29 is 14.3 Å². The Morgan fingerprint density at radius 1 is 1.26 bits per heavy atom. The van der Waals surface area contributed by atoms with E-state index < -0.39 is 0 Å². The van der Waals surface area contributed by atoms with Crippen LogP contribution in [0, 0.1) is 5.92 Å². The smallest absolute Gasteiger partial charge is 0.307 e. The first-order valence-corrected chi connectivity index (χ1v) is 7.30. The number of ether oxygens (including phenoxy) is 1. The second-order valence-corrected chi connectivity index (χ2v) is 5.50. The summed E-state index contributed by atoms with van der Waals surface area (Å²) < 4.78 is 4.74. The fraction of sp³-hybridized carbons (Fsp3) is 0.857. The number of esters is 1. The van der Waals surface area contributed by atoms with Gasteiger partial charge in [0.2, 0.25) is 5.91 Å². The maximum atomic E-state index is 12.6. The van der Waals surface area contributed by atoms with Gasteiger partial charge in [-0.05, 0) is 38.6 Å². The average Bonchev–Trinajstić information content (AvgIpc) is 2.48. The van der Waals surface area contributed by atoms with E-state index in [1.807, 2.05) is 4.90 Å². The van der Waals surface area contributed by atoms with Crippen LogP contribution in [0.3, 0.4) is 0 Å². The van der Waals surface area contributed by atoms with Gasteiger partial charge in [-0.2, -0.15) is 0 Å². The molecule has 2 atom stereocenters. The Kier molecular flexibility index (Phi) is 5.19. The fourth-order valence-electron chi connectivity index (χ4n) is 3.08. The molecule has 2 aliphatic rings. The monoisotopic (exact) mass is 268 g/mol. The molecular weight excluding hydrogens is 244 g/mol. The SMILES string of the molecule is COC(=O)CC1CCCCN1C(=O)C1CCCNC1. The van der Waals surface area contributed by atoms with E-state index in [0.717, 1.165) is 51.7 Å². The molecule has 0 bridgehead atoms. The zero-order valence-electron chi connectivity index (χ0n) is 11.7. The van der Waals surface area contributed by atoms with E-state index in [4.69, 9.17) is 4.74 Å². The Balaban J connectivity index is 1.97. The number of hydrogen-bond acceptors (Lipinski definition) is 4. The van der Waals surface area contributed by atoms with Gasteiger partial charge in [0.1, 0.15) is 0 Å². The zero-order chi connectivity index (χ0) is 13.7. The van der Waals surface area contributed by atoms with Crippen molar-refractivity contribution in [1.82, 2.24) is 10.2 Å². The highest BCUT2D eigenvalue weighted by Gasteiger charge is 2.33. The van der Waals surface area contributed by atoms with Gasteiger partial charge in [-0.1, -0.05) is 0 Å². The molecule has 0 spiro atoms. The first kappa shape index (κ1) is 14.3. The van der Waals surface area contributed by atoms with Crippen LogP contribution in [-0.4, -0.2) is 49.6 Å². The maximum absolute atomic E-state index is 12.6. The van der Waals surface area contributed by atoms with Crippen LogP contribution in [0.2, 0.25) is 0 Å². The lowest BCUT2D eigenvalue weighted by molar-refractivity contribution is -0.146. The molecule has 19 heavy (non-hydrogen) atoms. The molecule has 2 rings (SSSR count). The van der Waals surface area contributed by atoms with Gasteiger partial charge in [-0.15, -0.1) is 0 Å². The number of likely N-dealkylation sites (tertiary alicyclic amines) is 1. The fourth-order valence-corrected chi connectivity index (χ4v) is 3.08. The number of nitrogens with one attached hydrogen (secondary N) is 1. The van der Waals surface area contributed by atoms with Crippen molar-refractivity contribution in [2.45, 2.75) is 44.6 Å². The van der Waals surface area contributed by atoms with Crippen molar-refractivity contribution in [2.75, 3.05) is 26.7 Å². The molecule has 2 unspecified atom stereocenters. The Hall–Kier alpha value is -1.10. The standard InChI is InChI=1S/C14H24N2O3/c1-19-13(17)9-12-6-2-3-8-16(12)14(18)11-5-4-7-15-10-11/h11-12,15H,2-10H2,1H3. The van der Waals surface area contributed by atoms with E-state index >= 15 is 0 Å². The number of piperidine rings is 2. The normalized spacial score (nSPS) is 27.9. The summed E-state index contributed by atoms with van der Waals surface area (Å²) in [5.74, 6) is 0.0965. The van der Waals surface area contributed by atoms with Crippen LogP contribution < -0.4 is 5.32 Å². The molecule has 0 saturated carbocycles. The van der Waals surface area contributed by atoms with Gasteiger partial charge in [0.15, 0.2) is 0 Å². The molecule has 5 heteroatoms. The topological polar surface area (TPSA) is 58.6 Å². The summed E-state index contributed by atoms with van der Waals surface area (Å²) in [7, 11) is 1.41.